The first kappa shape index (κ1) is 17.1. The molecule has 1 aliphatic carbocycles. The standard InChI is InChI=1S/C20H26N4O2/c1-14-7-8-17(19(25)22-14)20(26)24-10-3-6-16(13-24)18-21-9-11-23(18)12-15-4-2-5-15/h7-9,11,15-16H,2-6,10,12-13H2,1H3,(H,22,25)/t16-/m1/s1. The molecular weight excluding hydrogens is 328 g/mol. The lowest BCUT2D eigenvalue weighted by atomic mass is 9.85. The lowest BCUT2D eigenvalue weighted by Gasteiger charge is -2.33. The minimum atomic E-state index is -0.302. The number of aromatic nitrogens is 3. The first-order valence-electron chi connectivity index (χ1n) is 9.62. The van der Waals surface area contributed by atoms with Gasteiger partial charge in [-0.3, -0.25) is 9.59 Å². The topological polar surface area (TPSA) is 71.0 Å². The van der Waals surface area contributed by atoms with Crippen LogP contribution < -0.4 is 5.56 Å². The normalized spacial score (nSPS) is 20.8. The summed E-state index contributed by atoms with van der Waals surface area (Å²) in [5.41, 5.74) is 0.693. The fraction of sp³-hybridized carbons (Fsp3) is 0.550. The second-order valence-electron chi connectivity index (χ2n) is 7.71. The minimum Gasteiger partial charge on any atom is -0.338 e. The molecule has 0 radical (unpaired) electrons. The number of likely N-dealkylation sites (tertiary alicyclic amines) is 1. The van der Waals surface area contributed by atoms with Gasteiger partial charge in [-0.05, 0) is 50.7 Å². The van der Waals surface area contributed by atoms with E-state index in [-0.39, 0.29) is 22.9 Å². The van der Waals surface area contributed by atoms with Crippen molar-refractivity contribution >= 4 is 5.91 Å². The Balaban J connectivity index is 1.50. The third-order valence-corrected chi connectivity index (χ3v) is 5.79. The van der Waals surface area contributed by atoms with E-state index in [9.17, 15) is 9.59 Å². The molecular formula is C20H26N4O2. The molecule has 1 amide bonds. The van der Waals surface area contributed by atoms with Crippen LogP contribution in [0.15, 0.2) is 29.3 Å². The van der Waals surface area contributed by atoms with Gasteiger partial charge in [0.1, 0.15) is 11.4 Å². The highest BCUT2D eigenvalue weighted by Gasteiger charge is 2.29. The number of carbonyl (C=O) groups excluding carboxylic acids is 1. The number of nitrogens with zero attached hydrogens (tertiary/aromatic N) is 3. The molecule has 0 aromatic carbocycles. The highest BCUT2D eigenvalue weighted by Crippen LogP contribution is 2.31. The molecule has 2 aromatic heterocycles. The van der Waals surface area contributed by atoms with Crippen LogP contribution in [0.3, 0.4) is 0 Å². The SMILES string of the molecule is Cc1ccc(C(=O)N2CCC[C@@H](c3nccn3CC3CCC3)C2)c(=O)[nH]1. The minimum absolute atomic E-state index is 0.173. The quantitative estimate of drug-likeness (QED) is 0.918. The van der Waals surface area contributed by atoms with Gasteiger partial charge in [-0.2, -0.15) is 0 Å². The van der Waals surface area contributed by atoms with Crippen LogP contribution in [0.2, 0.25) is 0 Å². The number of aromatic amines is 1. The molecule has 2 aliphatic rings. The monoisotopic (exact) mass is 354 g/mol. The van der Waals surface area contributed by atoms with E-state index >= 15 is 0 Å². The zero-order chi connectivity index (χ0) is 18.1. The van der Waals surface area contributed by atoms with Crippen LogP contribution in [0, 0.1) is 12.8 Å². The first-order chi connectivity index (χ1) is 12.6. The van der Waals surface area contributed by atoms with Crippen LogP contribution in [0.25, 0.3) is 0 Å². The highest BCUT2D eigenvalue weighted by atomic mass is 16.2. The maximum Gasteiger partial charge on any atom is 0.260 e. The van der Waals surface area contributed by atoms with Gasteiger partial charge in [0.2, 0.25) is 0 Å². The Kier molecular flexibility index (Phi) is 4.66. The average molecular weight is 354 g/mol. The van der Waals surface area contributed by atoms with Crippen LogP contribution >= 0.6 is 0 Å². The predicted octanol–water partition coefficient (Wildman–Crippen LogP) is 2.70. The van der Waals surface area contributed by atoms with Gasteiger partial charge in [0, 0.05) is 43.6 Å². The van der Waals surface area contributed by atoms with E-state index in [1.54, 1.807) is 12.1 Å². The lowest BCUT2D eigenvalue weighted by molar-refractivity contribution is 0.0700. The molecule has 0 bridgehead atoms. The molecule has 1 N–H and O–H groups in total. The summed E-state index contributed by atoms with van der Waals surface area (Å²) in [5.74, 6) is 1.93. The number of H-pyrrole nitrogens is 1. The Morgan fingerprint density at radius 3 is 2.85 bits per heavy atom. The van der Waals surface area contributed by atoms with E-state index in [1.165, 1.54) is 19.3 Å². The summed E-state index contributed by atoms with van der Waals surface area (Å²) in [7, 11) is 0. The van der Waals surface area contributed by atoms with Gasteiger partial charge in [0.25, 0.3) is 11.5 Å². The summed E-state index contributed by atoms with van der Waals surface area (Å²) in [4.78, 5) is 34.1. The highest BCUT2D eigenvalue weighted by molar-refractivity contribution is 5.93. The maximum atomic E-state index is 12.8. The van der Waals surface area contributed by atoms with Crippen LogP contribution in [-0.2, 0) is 6.54 Å². The third kappa shape index (κ3) is 3.32. The lowest BCUT2D eigenvalue weighted by Crippen LogP contribution is -2.41. The molecule has 0 unspecified atom stereocenters. The van der Waals surface area contributed by atoms with E-state index < -0.39 is 0 Å². The van der Waals surface area contributed by atoms with E-state index in [1.807, 2.05) is 18.0 Å². The van der Waals surface area contributed by atoms with Gasteiger partial charge in [-0.15, -0.1) is 0 Å². The summed E-state index contributed by atoms with van der Waals surface area (Å²) >= 11 is 0. The van der Waals surface area contributed by atoms with Gasteiger partial charge in [0.05, 0.1) is 0 Å². The molecule has 138 valence electrons. The summed E-state index contributed by atoms with van der Waals surface area (Å²) in [5, 5.41) is 0. The Morgan fingerprint density at radius 2 is 2.12 bits per heavy atom. The Morgan fingerprint density at radius 1 is 1.27 bits per heavy atom. The number of nitrogens with one attached hydrogen (secondary N) is 1. The molecule has 1 saturated carbocycles. The van der Waals surface area contributed by atoms with Crippen molar-refractivity contribution in [3.05, 3.63) is 52.0 Å². The van der Waals surface area contributed by atoms with Crippen molar-refractivity contribution in [2.75, 3.05) is 13.1 Å². The molecule has 0 spiro atoms. The molecule has 2 fully saturated rings. The first-order valence-corrected chi connectivity index (χ1v) is 9.62. The zero-order valence-corrected chi connectivity index (χ0v) is 15.3. The average Bonchev–Trinajstić information content (AvgIpc) is 3.06. The van der Waals surface area contributed by atoms with Crippen LogP contribution in [-0.4, -0.2) is 38.4 Å². The second-order valence-corrected chi connectivity index (χ2v) is 7.71. The van der Waals surface area contributed by atoms with E-state index in [0.717, 1.165) is 36.8 Å². The second kappa shape index (κ2) is 7.09. The largest absolute Gasteiger partial charge is 0.338 e. The smallest absolute Gasteiger partial charge is 0.260 e. The predicted molar refractivity (Wildman–Crippen MR) is 99.2 cm³/mol. The Hall–Kier alpha value is -2.37. The molecule has 4 rings (SSSR count). The summed E-state index contributed by atoms with van der Waals surface area (Å²) in [6.45, 7) is 4.19. The molecule has 1 aliphatic heterocycles. The molecule has 6 nitrogen and oxygen atoms in total. The van der Waals surface area contributed by atoms with Crippen LogP contribution in [0.4, 0.5) is 0 Å². The molecule has 6 heteroatoms. The summed E-state index contributed by atoms with van der Waals surface area (Å²) in [6, 6.07) is 3.42. The van der Waals surface area contributed by atoms with E-state index in [2.05, 4.69) is 20.7 Å². The van der Waals surface area contributed by atoms with Gasteiger partial charge in [-0.25, -0.2) is 4.98 Å². The Bertz CT molecular complexity index is 849. The van der Waals surface area contributed by atoms with Gasteiger partial charge >= 0.3 is 0 Å². The van der Waals surface area contributed by atoms with Crippen molar-refractivity contribution in [1.29, 1.82) is 0 Å². The van der Waals surface area contributed by atoms with Crippen molar-refractivity contribution in [3.8, 4) is 0 Å². The van der Waals surface area contributed by atoms with E-state index in [4.69, 9.17) is 0 Å². The third-order valence-electron chi connectivity index (χ3n) is 5.79. The molecule has 2 aromatic rings. The number of pyridine rings is 1. The molecule has 1 atom stereocenters. The van der Waals surface area contributed by atoms with Crippen molar-refractivity contribution in [1.82, 2.24) is 19.4 Å². The molecule has 3 heterocycles. The number of amides is 1. The fourth-order valence-corrected chi connectivity index (χ4v) is 4.07. The number of aryl methyl sites for hydroxylation is 1. The van der Waals surface area contributed by atoms with Gasteiger partial charge < -0.3 is 14.5 Å². The van der Waals surface area contributed by atoms with Crippen LogP contribution in [0.5, 0.6) is 0 Å². The number of piperidine rings is 1. The Labute approximate surface area is 153 Å². The van der Waals surface area contributed by atoms with Crippen LogP contribution in [0.1, 0.15) is 59.9 Å². The zero-order valence-electron chi connectivity index (χ0n) is 15.3. The maximum absolute atomic E-state index is 12.8. The summed E-state index contributed by atoms with van der Waals surface area (Å²) in [6.07, 6.45) is 9.88. The number of hydrogen-bond acceptors (Lipinski definition) is 3. The summed E-state index contributed by atoms with van der Waals surface area (Å²) < 4.78 is 2.28. The number of rotatable bonds is 4. The molecule has 1 saturated heterocycles. The van der Waals surface area contributed by atoms with Gasteiger partial charge in [0.15, 0.2) is 0 Å². The van der Waals surface area contributed by atoms with Crippen molar-refractivity contribution < 1.29 is 4.79 Å². The number of carbonyl (C=O) groups is 1. The van der Waals surface area contributed by atoms with Crippen molar-refractivity contribution in [2.24, 2.45) is 5.92 Å². The van der Waals surface area contributed by atoms with Gasteiger partial charge in [-0.1, -0.05) is 6.42 Å². The fourth-order valence-electron chi connectivity index (χ4n) is 4.07. The van der Waals surface area contributed by atoms with Crippen molar-refractivity contribution in [2.45, 2.75) is 51.5 Å². The van der Waals surface area contributed by atoms with E-state index in [0.29, 0.717) is 13.1 Å². The number of hydrogen-bond donors (Lipinski definition) is 1. The number of imidazole rings is 1. The van der Waals surface area contributed by atoms with Crippen molar-refractivity contribution in [3.63, 3.8) is 0 Å². The molecule has 26 heavy (non-hydrogen) atoms.